The van der Waals surface area contributed by atoms with Crippen LogP contribution in [0.15, 0.2) is 23.8 Å². The van der Waals surface area contributed by atoms with Crippen molar-refractivity contribution in [3.63, 3.8) is 0 Å². The average Bonchev–Trinajstić information content (AvgIpc) is 2.98. The van der Waals surface area contributed by atoms with E-state index in [2.05, 4.69) is 0 Å². The van der Waals surface area contributed by atoms with Crippen molar-refractivity contribution in [2.45, 2.75) is 45.1 Å². The van der Waals surface area contributed by atoms with Gasteiger partial charge in [-0.25, -0.2) is 0 Å². The molecule has 1 saturated carbocycles. The fourth-order valence-electron chi connectivity index (χ4n) is 2.50. The van der Waals surface area contributed by atoms with Crippen molar-refractivity contribution in [2.75, 3.05) is 6.61 Å². The summed E-state index contributed by atoms with van der Waals surface area (Å²) in [6, 6.07) is 0. The largest absolute Gasteiger partial charge is 0.369 e. The molecule has 0 aromatic carbocycles. The van der Waals surface area contributed by atoms with Gasteiger partial charge in [0.05, 0.1) is 12.5 Å². The van der Waals surface area contributed by atoms with E-state index >= 15 is 0 Å². The van der Waals surface area contributed by atoms with Gasteiger partial charge < -0.3 is 4.74 Å². The molecule has 16 heavy (non-hydrogen) atoms. The van der Waals surface area contributed by atoms with Gasteiger partial charge in [0, 0.05) is 0 Å². The van der Waals surface area contributed by atoms with E-state index in [1.165, 1.54) is 12.0 Å². The highest BCUT2D eigenvalue weighted by atomic mass is 16.6. The summed E-state index contributed by atoms with van der Waals surface area (Å²) >= 11 is 0. The van der Waals surface area contributed by atoms with E-state index in [0.29, 0.717) is 0 Å². The molecule has 0 radical (unpaired) electrons. The fraction of sp³-hybridized carbons (Fsp3) is 0.643. The number of epoxide rings is 1. The molecule has 0 N–H and O–H groups in total. The van der Waals surface area contributed by atoms with Gasteiger partial charge in [-0.1, -0.05) is 30.6 Å². The summed E-state index contributed by atoms with van der Waals surface area (Å²) in [6.07, 6.45) is 9.99. The predicted octanol–water partition coefficient (Wildman–Crippen LogP) is 3.04. The molecule has 0 aromatic heterocycles. The lowest BCUT2D eigenvalue weighted by atomic mass is 9.77. The van der Waals surface area contributed by atoms with Crippen LogP contribution in [-0.4, -0.2) is 18.0 Å². The minimum absolute atomic E-state index is 0.0648. The Balaban J connectivity index is 1.98. The third-order valence-electron chi connectivity index (χ3n) is 3.53. The van der Waals surface area contributed by atoms with Gasteiger partial charge >= 0.3 is 0 Å². The Kier molecular flexibility index (Phi) is 3.29. The molecule has 2 unspecified atom stereocenters. The molecule has 1 spiro atoms. The number of ketones is 1. The van der Waals surface area contributed by atoms with Crippen LogP contribution >= 0.6 is 0 Å². The summed E-state index contributed by atoms with van der Waals surface area (Å²) < 4.78 is 5.53. The second kappa shape index (κ2) is 4.54. The van der Waals surface area contributed by atoms with Crippen molar-refractivity contribution < 1.29 is 9.53 Å². The summed E-state index contributed by atoms with van der Waals surface area (Å²) in [5.74, 6) is 0.359. The third kappa shape index (κ3) is 2.43. The smallest absolute Gasteiger partial charge is 0.161 e. The molecule has 0 bridgehead atoms. The summed E-state index contributed by atoms with van der Waals surface area (Å²) in [5, 5.41) is 0. The van der Waals surface area contributed by atoms with E-state index in [0.717, 1.165) is 25.9 Å². The molecule has 0 aromatic rings. The zero-order valence-electron chi connectivity index (χ0n) is 10.2. The Bertz CT molecular complexity index is 331. The van der Waals surface area contributed by atoms with Crippen LogP contribution in [0.3, 0.4) is 0 Å². The first-order valence-corrected chi connectivity index (χ1v) is 6.13. The Hall–Kier alpha value is -0.890. The molecule has 2 rings (SSSR count). The molecular weight excluding hydrogens is 200 g/mol. The number of carbonyl (C=O) groups excluding carboxylic acids is 1. The summed E-state index contributed by atoms with van der Waals surface area (Å²) in [4.78, 5) is 12.0. The molecule has 2 heteroatoms. The van der Waals surface area contributed by atoms with Crippen molar-refractivity contribution in [3.8, 4) is 0 Å². The second-order valence-electron chi connectivity index (χ2n) is 5.16. The van der Waals surface area contributed by atoms with Gasteiger partial charge in [-0.15, -0.1) is 0 Å². The van der Waals surface area contributed by atoms with Crippen LogP contribution in [-0.2, 0) is 9.53 Å². The Morgan fingerprint density at radius 2 is 2.12 bits per heavy atom. The van der Waals surface area contributed by atoms with Crippen LogP contribution in [0.25, 0.3) is 0 Å². The Morgan fingerprint density at radius 3 is 2.75 bits per heavy atom. The Morgan fingerprint density at radius 1 is 1.38 bits per heavy atom. The van der Waals surface area contributed by atoms with Crippen molar-refractivity contribution in [1.82, 2.24) is 0 Å². The van der Waals surface area contributed by atoms with Crippen LogP contribution in [0.1, 0.15) is 39.5 Å². The van der Waals surface area contributed by atoms with Crippen LogP contribution in [0.4, 0.5) is 0 Å². The van der Waals surface area contributed by atoms with Crippen LogP contribution in [0.5, 0.6) is 0 Å². The number of rotatable bonds is 3. The number of ether oxygens (including phenoxy) is 1. The monoisotopic (exact) mass is 220 g/mol. The topological polar surface area (TPSA) is 29.6 Å². The van der Waals surface area contributed by atoms with Crippen molar-refractivity contribution in [1.29, 1.82) is 0 Å². The molecule has 1 aliphatic heterocycles. The van der Waals surface area contributed by atoms with Crippen molar-refractivity contribution in [3.05, 3.63) is 23.8 Å². The molecule has 1 saturated heterocycles. The predicted molar refractivity (Wildman–Crippen MR) is 64.2 cm³/mol. The number of carbonyl (C=O) groups is 1. The molecule has 0 amide bonds. The van der Waals surface area contributed by atoms with E-state index < -0.39 is 0 Å². The second-order valence-corrected chi connectivity index (χ2v) is 5.16. The highest BCUT2D eigenvalue weighted by molar-refractivity contribution is 5.93. The standard InChI is InChI=1S/C14H20O2/c1-11(2)6-5-8-13(15)12-7-3-4-9-14(12)10-16-14/h5-6,8,12H,3-4,7,9-10H2,1-2H3/b8-5+. The molecule has 2 fully saturated rings. The van der Waals surface area contributed by atoms with Crippen LogP contribution in [0.2, 0.25) is 0 Å². The highest BCUT2D eigenvalue weighted by Crippen LogP contribution is 2.46. The molecular formula is C14H20O2. The van der Waals surface area contributed by atoms with E-state index in [1.54, 1.807) is 6.08 Å². The molecule has 88 valence electrons. The molecule has 1 aliphatic carbocycles. The van der Waals surface area contributed by atoms with E-state index in [9.17, 15) is 4.79 Å². The summed E-state index contributed by atoms with van der Waals surface area (Å²) in [5.41, 5.74) is 1.15. The lowest BCUT2D eigenvalue weighted by Crippen LogP contribution is -2.33. The van der Waals surface area contributed by atoms with Crippen molar-refractivity contribution in [2.24, 2.45) is 5.92 Å². The van der Waals surface area contributed by atoms with Crippen LogP contribution < -0.4 is 0 Å². The zero-order valence-corrected chi connectivity index (χ0v) is 10.2. The maximum absolute atomic E-state index is 12.0. The number of allylic oxidation sites excluding steroid dienone is 4. The molecule has 1 heterocycles. The van der Waals surface area contributed by atoms with Gasteiger partial charge in [0.15, 0.2) is 5.78 Å². The number of hydrogen-bond acceptors (Lipinski definition) is 2. The van der Waals surface area contributed by atoms with E-state index in [1.807, 2.05) is 26.0 Å². The first kappa shape index (κ1) is 11.6. The Labute approximate surface area is 97.4 Å². The maximum atomic E-state index is 12.0. The zero-order chi connectivity index (χ0) is 11.6. The number of hydrogen-bond donors (Lipinski definition) is 0. The van der Waals surface area contributed by atoms with Gasteiger partial charge in [-0.3, -0.25) is 4.79 Å². The third-order valence-corrected chi connectivity index (χ3v) is 3.53. The first-order valence-electron chi connectivity index (χ1n) is 6.13. The molecule has 2 aliphatic rings. The van der Waals surface area contributed by atoms with E-state index in [-0.39, 0.29) is 17.3 Å². The quantitative estimate of drug-likeness (QED) is 0.415. The SMILES string of the molecule is CC(C)=C/C=C/C(=O)C1CCCCC12CO2. The van der Waals surface area contributed by atoms with Gasteiger partial charge in [-0.05, 0) is 32.8 Å². The highest BCUT2D eigenvalue weighted by Gasteiger charge is 2.54. The molecule has 2 atom stereocenters. The molecule has 2 nitrogen and oxygen atoms in total. The van der Waals surface area contributed by atoms with Gasteiger partial charge in [0.25, 0.3) is 0 Å². The minimum Gasteiger partial charge on any atom is -0.369 e. The summed E-state index contributed by atoms with van der Waals surface area (Å²) in [6.45, 7) is 4.85. The summed E-state index contributed by atoms with van der Waals surface area (Å²) in [7, 11) is 0. The first-order chi connectivity index (χ1) is 7.64. The fourth-order valence-corrected chi connectivity index (χ4v) is 2.50. The lowest BCUT2D eigenvalue weighted by molar-refractivity contribution is -0.121. The normalized spacial score (nSPS) is 33.0. The van der Waals surface area contributed by atoms with Gasteiger partial charge in [0.1, 0.15) is 5.60 Å². The van der Waals surface area contributed by atoms with Gasteiger partial charge in [-0.2, -0.15) is 0 Å². The average molecular weight is 220 g/mol. The van der Waals surface area contributed by atoms with Gasteiger partial charge in [0.2, 0.25) is 0 Å². The minimum atomic E-state index is -0.0648. The van der Waals surface area contributed by atoms with Crippen molar-refractivity contribution >= 4 is 5.78 Å². The van der Waals surface area contributed by atoms with Crippen LogP contribution in [0, 0.1) is 5.92 Å². The maximum Gasteiger partial charge on any atom is 0.161 e. The van der Waals surface area contributed by atoms with E-state index in [4.69, 9.17) is 4.74 Å². The lowest BCUT2D eigenvalue weighted by Gasteiger charge is -2.26.